The number of ether oxygens (including phenoxy) is 4. The minimum Gasteiger partial charge on any atom is -0.493 e. The second-order valence-corrected chi connectivity index (χ2v) is 7.39. The minimum absolute atomic E-state index is 0.177. The topological polar surface area (TPSA) is 66.0 Å². The van der Waals surface area contributed by atoms with Gasteiger partial charge in [0, 0.05) is 17.5 Å². The molecule has 6 nitrogen and oxygen atoms in total. The highest BCUT2D eigenvalue weighted by Gasteiger charge is 2.24. The first-order chi connectivity index (χ1) is 13.9. The Hall–Kier alpha value is -3.15. The minimum atomic E-state index is -0.289. The fourth-order valence-electron chi connectivity index (χ4n) is 3.05. The van der Waals surface area contributed by atoms with Gasteiger partial charge in [-0.25, -0.2) is 0 Å². The largest absolute Gasteiger partial charge is 0.493 e. The van der Waals surface area contributed by atoms with E-state index >= 15 is 0 Å². The molecule has 1 aliphatic heterocycles. The van der Waals surface area contributed by atoms with E-state index in [0.29, 0.717) is 43.4 Å². The molecular formula is C23H27NO5. The van der Waals surface area contributed by atoms with E-state index in [-0.39, 0.29) is 11.3 Å². The fraction of sp³-hybridized carbons (Fsp3) is 0.348. The first-order valence-electron chi connectivity index (χ1n) is 9.54. The van der Waals surface area contributed by atoms with Crippen LogP contribution >= 0.6 is 0 Å². The van der Waals surface area contributed by atoms with E-state index in [9.17, 15) is 4.79 Å². The van der Waals surface area contributed by atoms with Gasteiger partial charge in [0.25, 0.3) is 5.91 Å². The van der Waals surface area contributed by atoms with Gasteiger partial charge in [-0.2, -0.15) is 0 Å². The zero-order valence-electron chi connectivity index (χ0n) is 17.1. The number of rotatable bonds is 8. The molecule has 0 unspecified atom stereocenters. The summed E-state index contributed by atoms with van der Waals surface area (Å²) in [6.45, 7) is 9.71. The maximum atomic E-state index is 12.7. The standard InChI is InChI=1S/C23H27NO5/c1-5-10-27-18-8-6-16(13-20(18)26-4)22(25)24-15-23(2,3)17-7-9-19-21(14-17)29-12-11-28-19/h5-9,13-14H,1,10-12,15H2,2-4H3,(H,24,25). The third-order valence-corrected chi connectivity index (χ3v) is 4.80. The number of amides is 1. The maximum absolute atomic E-state index is 12.7. The van der Waals surface area contributed by atoms with Crippen molar-refractivity contribution >= 4 is 5.91 Å². The third kappa shape index (κ3) is 4.83. The first-order valence-corrected chi connectivity index (χ1v) is 9.54. The lowest BCUT2D eigenvalue weighted by Crippen LogP contribution is -2.36. The van der Waals surface area contributed by atoms with Crippen molar-refractivity contribution in [3.05, 3.63) is 60.2 Å². The molecule has 0 saturated heterocycles. The molecule has 154 valence electrons. The lowest BCUT2D eigenvalue weighted by Gasteiger charge is -2.28. The Bertz CT molecular complexity index is 891. The normalized spacial score (nSPS) is 12.8. The number of carbonyl (C=O) groups excluding carboxylic acids is 1. The predicted molar refractivity (Wildman–Crippen MR) is 111 cm³/mol. The van der Waals surface area contributed by atoms with E-state index in [1.54, 1.807) is 31.4 Å². The van der Waals surface area contributed by atoms with Crippen LogP contribution in [0.4, 0.5) is 0 Å². The molecule has 1 amide bonds. The van der Waals surface area contributed by atoms with E-state index in [1.165, 1.54) is 0 Å². The number of hydrogen-bond donors (Lipinski definition) is 1. The SMILES string of the molecule is C=CCOc1ccc(C(=O)NCC(C)(C)c2ccc3c(c2)OCCO3)cc1OC. The highest BCUT2D eigenvalue weighted by molar-refractivity contribution is 5.95. The Morgan fingerprint density at radius 2 is 1.90 bits per heavy atom. The monoisotopic (exact) mass is 397 g/mol. The van der Waals surface area contributed by atoms with Crippen LogP contribution in [-0.4, -0.2) is 39.4 Å². The van der Waals surface area contributed by atoms with E-state index in [0.717, 1.165) is 17.1 Å². The van der Waals surface area contributed by atoms with Gasteiger partial charge < -0.3 is 24.3 Å². The summed E-state index contributed by atoms with van der Waals surface area (Å²) in [6, 6.07) is 11.0. The van der Waals surface area contributed by atoms with Crippen LogP contribution in [0.5, 0.6) is 23.0 Å². The number of methoxy groups -OCH3 is 1. The summed E-state index contributed by atoms with van der Waals surface area (Å²) in [5.41, 5.74) is 1.28. The molecule has 0 aromatic heterocycles. The second kappa shape index (κ2) is 8.90. The van der Waals surface area contributed by atoms with Gasteiger partial charge in [-0.05, 0) is 35.9 Å². The van der Waals surface area contributed by atoms with Crippen molar-refractivity contribution in [1.82, 2.24) is 5.32 Å². The predicted octanol–water partition coefficient (Wildman–Crippen LogP) is 3.74. The fourth-order valence-corrected chi connectivity index (χ4v) is 3.05. The number of hydrogen-bond acceptors (Lipinski definition) is 5. The van der Waals surface area contributed by atoms with E-state index in [1.807, 2.05) is 18.2 Å². The molecule has 0 radical (unpaired) electrons. The van der Waals surface area contributed by atoms with Gasteiger partial charge in [0.1, 0.15) is 19.8 Å². The number of carbonyl (C=O) groups is 1. The van der Waals surface area contributed by atoms with Crippen LogP contribution in [0.15, 0.2) is 49.1 Å². The van der Waals surface area contributed by atoms with Crippen LogP contribution in [0.3, 0.4) is 0 Å². The van der Waals surface area contributed by atoms with Crippen molar-refractivity contribution in [3.8, 4) is 23.0 Å². The molecule has 1 heterocycles. The Balaban J connectivity index is 1.68. The molecule has 29 heavy (non-hydrogen) atoms. The molecule has 0 fully saturated rings. The molecule has 0 bridgehead atoms. The average molecular weight is 397 g/mol. The Labute approximate surface area is 171 Å². The summed E-state index contributed by atoms with van der Waals surface area (Å²) in [6.07, 6.45) is 1.65. The molecule has 0 saturated carbocycles. The summed E-state index contributed by atoms with van der Waals surface area (Å²) >= 11 is 0. The van der Waals surface area contributed by atoms with E-state index in [4.69, 9.17) is 18.9 Å². The molecule has 0 spiro atoms. The Morgan fingerprint density at radius 3 is 2.62 bits per heavy atom. The maximum Gasteiger partial charge on any atom is 0.251 e. The van der Waals surface area contributed by atoms with Crippen molar-refractivity contribution in [2.75, 3.05) is 33.5 Å². The van der Waals surface area contributed by atoms with Gasteiger partial charge in [-0.3, -0.25) is 4.79 Å². The molecule has 6 heteroatoms. The van der Waals surface area contributed by atoms with Gasteiger partial charge >= 0.3 is 0 Å². The summed E-state index contributed by atoms with van der Waals surface area (Å²) in [4.78, 5) is 12.7. The third-order valence-electron chi connectivity index (χ3n) is 4.80. The number of fused-ring (bicyclic) bond motifs is 1. The molecule has 2 aromatic carbocycles. The summed E-state index contributed by atoms with van der Waals surface area (Å²) in [7, 11) is 1.54. The van der Waals surface area contributed by atoms with Gasteiger partial charge in [-0.1, -0.05) is 32.6 Å². The zero-order valence-corrected chi connectivity index (χ0v) is 17.1. The van der Waals surface area contributed by atoms with Crippen molar-refractivity contribution in [3.63, 3.8) is 0 Å². The quantitative estimate of drug-likeness (QED) is 0.688. The van der Waals surface area contributed by atoms with Gasteiger partial charge in [0.2, 0.25) is 0 Å². The van der Waals surface area contributed by atoms with Crippen LogP contribution < -0.4 is 24.3 Å². The van der Waals surface area contributed by atoms with Crippen molar-refractivity contribution in [2.45, 2.75) is 19.3 Å². The second-order valence-electron chi connectivity index (χ2n) is 7.39. The van der Waals surface area contributed by atoms with Gasteiger partial charge in [0.15, 0.2) is 23.0 Å². The van der Waals surface area contributed by atoms with Crippen molar-refractivity contribution in [1.29, 1.82) is 0 Å². The molecule has 0 atom stereocenters. The molecule has 0 aliphatic carbocycles. The highest BCUT2D eigenvalue weighted by atomic mass is 16.6. The van der Waals surface area contributed by atoms with Crippen LogP contribution in [0.25, 0.3) is 0 Å². The highest BCUT2D eigenvalue weighted by Crippen LogP contribution is 2.35. The molecular weight excluding hydrogens is 370 g/mol. The van der Waals surface area contributed by atoms with Crippen molar-refractivity contribution < 1.29 is 23.7 Å². The Morgan fingerprint density at radius 1 is 1.14 bits per heavy atom. The van der Waals surface area contributed by atoms with Crippen LogP contribution in [0.2, 0.25) is 0 Å². The van der Waals surface area contributed by atoms with E-state index < -0.39 is 0 Å². The van der Waals surface area contributed by atoms with Gasteiger partial charge in [0.05, 0.1) is 7.11 Å². The van der Waals surface area contributed by atoms with Gasteiger partial charge in [-0.15, -0.1) is 0 Å². The molecule has 1 N–H and O–H groups in total. The number of nitrogens with one attached hydrogen (secondary N) is 1. The first kappa shape index (κ1) is 20.6. The summed E-state index contributed by atoms with van der Waals surface area (Å²) in [5.74, 6) is 2.40. The van der Waals surface area contributed by atoms with E-state index in [2.05, 4.69) is 25.7 Å². The Kier molecular flexibility index (Phi) is 6.32. The van der Waals surface area contributed by atoms with Crippen LogP contribution in [0, 0.1) is 0 Å². The summed E-state index contributed by atoms with van der Waals surface area (Å²) < 4.78 is 22.1. The summed E-state index contributed by atoms with van der Waals surface area (Å²) in [5, 5.41) is 3.01. The smallest absolute Gasteiger partial charge is 0.251 e. The average Bonchev–Trinajstić information content (AvgIpc) is 2.75. The lowest BCUT2D eigenvalue weighted by atomic mass is 9.84. The van der Waals surface area contributed by atoms with Crippen LogP contribution in [-0.2, 0) is 5.41 Å². The lowest BCUT2D eigenvalue weighted by molar-refractivity contribution is 0.0945. The zero-order chi connectivity index (χ0) is 20.9. The van der Waals surface area contributed by atoms with Crippen molar-refractivity contribution in [2.24, 2.45) is 0 Å². The van der Waals surface area contributed by atoms with Crippen LogP contribution in [0.1, 0.15) is 29.8 Å². The molecule has 2 aromatic rings. The number of benzene rings is 2. The molecule has 3 rings (SSSR count). The molecule has 1 aliphatic rings.